The van der Waals surface area contributed by atoms with E-state index in [1.54, 1.807) is 0 Å². The molecule has 92 valence electrons. The third-order valence-electron chi connectivity index (χ3n) is 3.31. The highest BCUT2D eigenvalue weighted by Gasteiger charge is 2.36. The number of hydrogen-bond donors (Lipinski definition) is 1. The second kappa shape index (κ2) is 4.85. The van der Waals surface area contributed by atoms with Gasteiger partial charge in [-0.3, -0.25) is 9.69 Å². The van der Waals surface area contributed by atoms with Crippen LogP contribution in [0.25, 0.3) is 0 Å². The summed E-state index contributed by atoms with van der Waals surface area (Å²) < 4.78 is 0. The predicted molar refractivity (Wildman–Crippen MR) is 68.9 cm³/mol. The first-order chi connectivity index (χ1) is 8.15. The Kier molecular flexibility index (Phi) is 3.45. The summed E-state index contributed by atoms with van der Waals surface area (Å²) in [6.45, 7) is 3.28. The molecule has 2 unspecified atom stereocenters. The Hall–Kier alpha value is -1.39. The molecule has 1 aliphatic heterocycles. The van der Waals surface area contributed by atoms with Gasteiger partial charge in [-0.1, -0.05) is 18.2 Å². The fourth-order valence-corrected chi connectivity index (χ4v) is 2.44. The molecule has 1 fully saturated rings. The lowest BCUT2D eigenvalue weighted by atomic mass is 10.1. The van der Waals surface area contributed by atoms with Crippen LogP contribution in [0.1, 0.15) is 6.92 Å². The molecule has 0 spiro atoms. The van der Waals surface area contributed by atoms with Crippen molar-refractivity contribution in [1.29, 1.82) is 0 Å². The molecule has 1 aromatic rings. The number of rotatable bonds is 2. The van der Waals surface area contributed by atoms with Crippen molar-refractivity contribution in [2.75, 3.05) is 25.0 Å². The van der Waals surface area contributed by atoms with Crippen molar-refractivity contribution in [2.45, 2.75) is 19.0 Å². The van der Waals surface area contributed by atoms with Gasteiger partial charge < -0.3 is 10.6 Å². The van der Waals surface area contributed by atoms with Crippen LogP contribution < -0.4 is 10.6 Å². The lowest BCUT2D eigenvalue weighted by molar-refractivity contribution is -0.125. The van der Waals surface area contributed by atoms with Gasteiger partial charge in [0.25, 0.3) is 0 Å². The van der Waals surface area contributed by atoms with Gasteiger partial charge in [0.1, 0.15) is 6.04 Å². The number of piperazine rings is 1. The molecule has 1 saturated heterocycles. The van der Waals surface area contributed by atoms with Gasteiger partial charge in [0, 0.05) is 24.8 Å². The zero-order valence-electron chi connectivity index (χ0n) is 10.3. The van der Waals surface area contributed by atoms with Crippen molar-refractivity contribution in [3.63, 3.8) is 0 Å². The molecule has 2 atom stereocenters. The molecule has 0 bridgehead atoms. The first-order valence-electron chi connectivity index (χ1n) is 5.93. The van der Waals surface area contributed by atoms with Gasteiger partial charge in [0.05, 0.1) is 0 Å². The Morgan fingerprint density at radius 3 is 2.59 bits per heavy atom. The minimum atomic E-state index is -0.202. The summed E-state index contributed by atoms with van der Waals surface area (Å²) in [5, 5.41) is 0. The summed E-state index contributed by atoms with van der Waals surface area (Å²) in [6, 6.07) is 9.76. The molecule has 0 aliphatic carbocycles. The highest BCUT2D eigenvalue weighted by molar-refractivity contribution is 5.98. The van der Waals surface area contributed by atoms with E-state index in [-0.39, 0.29) is 18.0 Å². The molecule has 4 nitrogen and oxygen atoms in total. The molecule has 1 heterocycles. The molecule has 0 radical (unpaired) electrons. The Bertz CT molecular complexity index is 393. The SMILES string of the molecule is CC1CN(C)C(CN)C(=O)N1c1ccccc1. The molecule has 4 heteroatoms. The number of anilines is 1. The number of amides is 1. The van der Waals surface area contributed by atoms with Crippen molar-refractivity contribution in [3.8, 4) is 0 Å². The Labute approximate surface area is 102 Å². The Morgan fingerprint density at radius 1 is 1.35 bits per heavy atom. The molecule has 17 heavy (non-hydrogen) atoms. The average molecular weight is 233 g/mol. The number of benzene rings is 1. The second-order valence-electron chi connectivity index (χ2n) is 4.58. The lowest BCUT2D eigenvalue weighted by Crippen LogP contribution is -2.62. The minimum Gasteiger partial charge on any atom is -0.328 e. The molecule has 0 aromatic heterocycles. The minimum absolute atomic E-state index is 0.0972. The number of likely N-dealkylation sites (N-methyl/N-ethyl adjacent to an activating group) is 1. The van der Waals surface area contributed by atoms with E-state index in [0.717, 1.165) is 12.2 Å². The highest BCUT2D eigenvalue weighted by Crippen LogP contribution is 2.22. The van der Waals surface area contributed by atoms with Crippen molar-refractivity contribution in [3.05, 3.63) is 30.3 Å². The van der Waals surface area contributed by atoms with E-state index in [0.29, 0.717) is 6.54 Å². The summed E-state index contributed by atoms with van der Waals surface area (Å²) in [6.07, 6.45) is 0. The zero-order valence-corrected chi connectivity index (χ0v) is 10.3. The van der Waals surface area contributed by atoms with Crippen molar-refractivity contribution in [1.82, 2.24) is 4.90 Å². The normalized spacial score (nSPS) is 26.3. The molecular formula is C13H19N3O. The largest absolute Gasteiger partial charge is 0.328 e. The van der Waals surface area contributed by atoms with Crippen LogP contribution >= 0.6 is 0 Å². The molecule has 1 aliphatic rings. The van der Waals surface area contributed by atoms with E-state index in [4.69, 9.17) is 5.73 Å². The van der Waals surface area contributed by atoms with Crippen LogP contribution in [0.2, 0.25) is 0 Å². The maximum atomic E-state index is 12.4. The topological polar surface area (TPSA) is 49.6 Å². The fraction of sp³-hybridized carbons (Fsp3) is 0.462. The average Bonchev–Trinajstić information content (AvgIpc) is 2.30. The third kappa shape index (κ3) is 2.18. The van der Waals surface area contributed by atoms with Gasteiger partial charge in [0.15, 0.2) is 0 Å². The lowest BCUT2D eigenvalue weighted by Gasteiger charge is -2.42. The highest BCUT2D eigenvalue weighted by atomic mass is 16.2. The maximum absolute atomic E-state index is 12.4. The van der Waals surface area contributed by atoms with Crippen molar-refractivity contribution < 1.29 is 4.79 Å². The smallest absolute Gasteiger partial charge is 0.245 e. The number of hydrogen-bond acceptors (Lipinski definition) is 3. The van der Waals surface area contributed by atoms with E-state index in [2.05, 4.69) is 6.92 Å². The first kappa shape index (κ1) is 12.1. The summed E-state index contributed by atoms with van der Waals surface area (Å²) in [5.41, 5.74) is 6.64. The standard InChI is InChI=1S/C13H19N3O/c1-10-9-15(2)12(8-14)13(17)16(10)11-6-4-3-5-7-11/h3-7,10,12H,8-9,14H2,1-2H3. The van der Waals surface area contributed by atoms with Crippen LogP contribution in [0, 0.1) is 0 Å². The van der Waals surface area contributed by atoms with Gasteiger partial charge in [0.2, 0.25) is 5.91 Å². The van der Waals surface area contributed by atoms with Gasteiger partial charge in [-0.2, -0.15) is 0 Å². The van der Waals surface area contributed by atoms with Crippen LogP contribution in [0.4, 0.5) is 5.69 Å². The molecule has 0 saturated carbocycles. The van der Waals surface area contributed by atoms with Crippen LogP contribution in [0.3, 0.4) is 0 Å². The number of nitrogens with zero attached hydrogens (tertiary/aromatic N) is 2. The molecule has 1 aromatic carbocycles. The van der Waals surface area contributed by atoms with Crippen LogP contribution in [-0.2, 0) is 4.79 Å². The number of carbonyl (C=O) groups excluding carboxylic acids is 1. The maximum Gasteiger partial charge on any atom is 0.245 e. The monoisotopic (exact) mass is 233 g/mol. The summed E-state index contributed by atoms with van der Waals surface area (Å²) in [7, 11) is 1.95. The number of para-hydroxylation sites is 1. The summed E-state index contributed by atoms with van der Waals surface area (Å²) >= 11 is 0. The van der Waals surface area contributed by atoms with E-state index < -0.39 is 0 Å². The third-order valence-corrected chi connectivity index (χ3v) is 3.31. The van der Waals surface area contributed by atoms with Gasteiger partial charge >= 0.3 is 0 Å². The quantitative estimate of drug-likeness (QED) is 0.817. The van der Waals surface area contributed by atoms with Crippen LogP contribution in [0.15, 0.2) is 30.3 Å². The summed E-state index contributed by atoms with van der Waals surface area (Å²) in [4.78, 5) is 16.3. The second-order valence-corrected chi connectivity index (χ2v) is 4.58. The van der Waals surface area contributed by atoms with E-state index in [1.165, 1.54) is 0 Å². The van der Waals surface area contributed by atoms with Crippen molar-refractivity contribution >= 4 is 11.6 Å². The number of carbonyl (C=O) groups is 1. The Morgan fingerprint density at radius 2 is 2.00 bits per heavy atom. The van der Waals surface area contributed by atoms with Gasteiger partial charge in [-0.15, -0.1) is 0 Å². The van der Waals surface area contributed by atoms with Crippen LogP contribution in [0.5, 0.6) is 0 Å². The summed E-state index contributed by atoms with van der Waals surface area (Å²) in [5.74, 6) is 0.0972. The predicted octanol–water partition coefficient (Wildman–Crippen LogP) is 0.681. The zero-order chi connectivity index (χ0) is 12.4. The molecule has 2 rings (SSSR count). The Balaban J connectivity index is 2.30. The first-order valence-corrected chi connectivity index (χ1v) is 5.93. The molecule has 1 amide bonds. The number of nitrogens with two attached hydrogens (primary N) is 1. The van der Waals surface area contributed by atoms with E-state index in [9.17, 15) is 4.79 Å². The van der Waals surface area contributed by atoms with E-state index in [1.807, 2.05) is 47.2 Å². The van der Waals surface area contributed by atoms with Gasteiger partial charge in [-0.05, 0) is 26.1 Å². The van der Waals surface area contributed by atoms with E-state index >= 15 is 0 Å². The molecule has 2 N–H and O–H groups in total. The molecular weight excluding hydrogens is 214 g/mol. The van der Waals surface area contributed by atoms with Gasteiger partial charge in [-0.25, -0.2) is 0 Å². The fourth-order valence-electron chi connectivity index (χ4n) is 2.44. The van der Waals surface area contributed by atoms with Crippen LogP contribution in [-0.4, -0.2) is 43.0 Å². The van der Waals surface area contributed by atoms with Crippen molar-refractivity contribution in [2.24, 2.45) is 5.73 Å².